The maximum Gasteiger partial charge on any atom is 0.120 e. The quantitative estimate of drug-likeness (QED) is 0.886. The Balaban J connectivity index is 2.00. The van der Waals surface area contributed by atoms with Crippen LogP contribution in [-0.2, 0) is 6.42 Å². The molecule has 0 saturated carbocycles. The van der Waals surface area contributed by atoms with E-state index in [1.165, 1.54) is 0 Å². The number of thiazole rings is 1. The summed E-state index contributed by atoms with van der Waals surface area (Å²) in [6.07, 6.45) is 0.938. The van der Waals surface area contributed by atoms with Crippen LogP contribution in [0.1, 0.15) is 55.1 Å². The maximum atomic E-state index is 5.76. The second-order valence-corrected chi connectivity index (χ2v) is 5.62. The molecule has 2 heterocycles. The minimum Gasteiger partial charge on any atom is -0.464 e. The lowest BCUT2D eigenvalue weighted by molar-refractivity contribution is 0.385. The fraction of sp³-hybridized carbons (Fsp3) is 0.500. The SMILES string of the molecule is CCc1ccc(C(C)NC(C)c2csc(C)n2)o1. The van der Waals surface area contributed by atoms with Gasteiger partial charge in [0.1, 0.15) is 11.5 Å². The zero-order chi connectivity index (χ0) is 13.1. The van der Waals surface area contributed by atoms with Crippen molar-refractivity contribution < 1.29 is 4.42 Å². The zero-order valence-corrected chi connectivity index (χ0v) is 12.2. The van der Waals surface area contributed by atoms with E-state index in [2.05, 4.69) is 42.5 Å². The van der Waals surface area contributed by atoms with Crippen molar-refractivity contribution in [3.8, 4) is 0 Å². The Morgan fingerprint density at radius 2 is 2.11 bits per heavy atom. The van der Waals surface area contributed by atoms with Crippen molar-refractivity contribution in [2.75, 3.05) is 0 Å². The Morgan fingerprint density at radius 3 is 2.67 bits per heavy atom. The lowest BCUT2D eigenvalue weighted by atomic mass is 10.2. The molecule has 0 radical (unpaired) electrons. The summed E-state index contributed by atoms with van der Waals surface area (Å²) in [6, 6.07) is 4.53. The van der Waals surface area contributed by atoms with Gasteiger partial charge in [-0.3, -0.25) is 5.32 Å². The van der Waals surface area contributed by atoms with E-state index >= 15 is 0 Å². The second-order valence-electron chi connectivity index (χ2n) is 4.56. The van der Waals surface area contributed by atoms with Gasteiger partial charge in [0, 0.05) is 17.8 Å². The predicted molar refractivity (Wildman–Crippen MR) is 74.9 cm³/mol. The minimum absolute atomic E-state index is 0.197. The van der Waals surface area contributed by atoms with E-state index in [0.29, 0.717) is 0 Å². The van der Waals surface area contributed by atoms with Crippen molar-refractivity contribution in [2.24, 2.45) is 0 Å². The van der Waals surface area contributed by atoms with Crippen molar-refractivity contribution in [3.05, 3.63) is 39.7 Å². The highest BCUT2D eigenvalue weighted by molar-refractivity contribution is 7.09. The molecule has 0 bridgehead atoms. The molecule has 2 unspecified atom stereocenters. The summed E-state index contributed by atoms with van der Waals surface area (Å²) in [6.45, 7) is 8.38. The number of aryl methyl sites for hydroxylation is 2. The summed E-state index contributed by atoms with van der Waals surface area (Å²) in [7, 11) is 0. The van der Waals surface area contributed by atoms with Crippen LogP contribution in [0.4, 0.5) is 0 Å². The molecule has 0 aromatic carbocycles. The normalized spacial score (nSPS) is 14.7. The molecule has 2 aromatic heterocycles. The van der Waals surface area contributed by atoms with Crippen LogP contribution in [0.25, 0.3) is 0 Å². The smallest absolute Gasteiger partial charge is 0.120 e. The third kappa shape index (κ3) is 3.00. The summed E-state index contributed by atoms with van der Waals surface area (Å²) in [5, 5.41) is 6.73. The molecule has 98 valence electrons. The van der Waals surface area contributed by atoms with Gasteiger partial charge in [-0.1, -0.05) is 6.92 Å². The predicted octanol–water partition coefficient (Wildman–Crippen LogP) is 4.02. The van der Waals surface area contributed by atoms with Crippen LogP contribution < -0.4 is 5.32 Å². The molecule has 2 rings (SSSR count). The van der Waals surface area contributed by atoms with Gasteiger partial charge in [-0.2, -0.15) is 0 Å². The molecule has 0 fully saturated rings. The Bertz CT molecular complexity index is 503. The first-order valence-electron chi connectivity index (χ1n) is 6.36. The molecule has 3 nitrogen and oxygen atoms in total. The van der Waals surface area contributed by atoms with Gasteiger partial charge in [0.25, 0.3) is 0 Å². The number of nitrogens with zero attached hydrogens (tertiary/aromatic N) is 1. The van der Waals surface area contributed by atoms with E-state index < -0.39 is 0 Å². The summed E-state index contributed by atoms with van der Waals surface area (Å²) in [5.41, 5.74) is 1.10. The van der Waals surface area contributed by atoms with Crippen molar-refractivity contribution in [1.82, 2.24) is 10.3 Å². The van der Waals surface area contributed by atoms with Crippen LogP contribution in [0.2, 0.25) is 0 Å². The monoisotopic (exact) mass is 264 g/mol. The Morgan fingerprint density at radius 1 is 1.33 bits per heavy atom. The number of aromatic nitrogens is 1. The molecule has 4 heteroatoms. The van der Waals surface area contributed by atoms with Gasteiger partial charge in [-0.25, -0.2) is 4.98 Å². The van der Waals surface area contributed by atoms with Crippen LogP contribution in [0.5, 0.6) is 0 Å². The Labute approximate surface area is 112 Å². The Kier molecular flexibility index (Phi) is 4.19. The summed E-state index contributed by atoms with van der Waals surface area (Å²) < 4.78 is 5.76. The molecule has 0 aliphatic rings. The van der Waals surface area contributed by atoms with Gasteiger partial charge in [-0.05, 0) is 32.9 Å². The molecule has 0 aliphatic carbocycles. The first-order chi connectivity index (χ1) is 8.60. The molecule has 2 atom stereocenters. The third-order valence-electron chi connectivity index (χ3n) is 3.04. The number of furan rings is 1. The van der Waals surface area contributed by atoms with Crippen molar-refractivity contribution >= 4 is 11.3 Å². The molecule has 0 aliphatic heterocycles. The first-order valence-corrected chi connectivity index (χ1v) is 7.24. The zero-order valence-electron chi connectivity index (χ0n) is 11.4. The average molecular weight is 264 g/mol. The van der Waals surface area contributed by atoms with Crippen LogP contribution in [0.3, 0.4) is 0 Å². The van der Waals surface area contributed by atoms with E-state index in [-0.39, 0.29) is 12.1 Å². The Hall–Kier alpha value is -1.13. The van der Waals surface area contributed by atoms with E-state index in [9.17, 15) is 0 Å². The molecular weight excluding hydrogens is 244 g/mol. The fourth-order valence-electron chi connectivity index (χ4n) is 1.94. The van der Waals surface area contributed by atoms with Crippen molar-refractivity contribution in [3.63, 3.8) is 0 Å². The van der Waals surface area contributed by atoms with Gasteiger partial charge in [-0.15, -0.1) is 11.3 Å². The highest BCUT2D eigenvalue weighted by atomic mass is 32.1. The molecule has 0 spiro atoms. The van der Waals surface area contributed by atoms with Gasteiger partial charge >= 0.3 is 0 Å². The lowest BCUT2D eigenvalue weighted by Gasteiger charge is -2.16. The number of nitrogens with one attached hydrogen (secondary N) is 1. The third-order valence-corrected chi connectivity index (χ3v) is 3.83. The number of hydrogen-bond acceptors (Lipinski definition) is 4. The number of hydrogen-bond donors (Lipinski definition) is 1. The summed E-state index contributed by atoms with van der Waals surface area (Å²) in [5.74, 6) is 2.03. The minimum atomic E-state index is 0.197. The van der Waals surface area contributed by atoms with Crippen LogP contribution in [0, 0.1) is 6.92 Å². The topological polar surface area (TPSA) is 38.1 Å². The van der Waals surface area contributed by atoms with Gasteiger partial charge in [0.05, 0.1) is 16.7 Å². The van der Waals surface area contributed by atoms with Gasteiger partial charge < -0.3 is 4.42 Å². The van der Waals surface area contributed by atoms with E-state index in [0.717, 1.165) is 28.6 Å². The van der Waals surface area contributed by atoms with Crippen LogP contribution in [0.15, 0.2) is 21.9 Å². The first kappa shape index (κ1) is 13.3. The molecule has 0 saturated heterocycles. The highest BCUT2D eigenvalue weighted by Crippen LogP contribution is 2.22. The fourth-order valence-corrected chi connectivity index (χ4v) is 2.65. The average Bonchev–Trinajstić information content (AvgIpc) is 2.97. The lowest BCUT2D eigenvalue weighted by Crippen LogP contribution is -2.22. The van der Waals surface area contributed by atoms with Crippen molar-refractivity contribution in [1.29, 1.82) is 0 Å². The molecule has 18 heavy (non-hydrogen) atoms. The second kappa shape index (κ2) is 5.67. The van der Waals surface area contributed by atoms with E-state index in [1.807, 2.05) is 13.0 Å². The largest absolute Gasteiger partial charge is 0.464 e. The standard InChI is InChI=1S/C14H20N2OS/c1-5-12-6-7-14(17-12)10(3)15-9(2)13-8-18-11(4)16-13/h6-10,15H,5H2,1-4H3. The summed E-state index contributed by atoms with van der Waals surface area (Å²) >= 11 is 1.69. The van der Waals surface area contributed by atoms with Crippen LogP contribution >= 0.6 is 11.3 Å². The maximum absolute atomic E-state index is 5.76. The molecular formula is C14H20N2OS. The van der Waals surface area contributed by atoms with Gasteiger partial charge in [0.2, 0.25) is 0 Å². The molecule has 1 N–H and O–H groups in total. The van der Waals surface area contributed by atoms with Crippen LogP contribution in [-0.4, -0.2) is 4.98 Å². The highest BCUT2D eigenvalue weighted by Gasteiger charge is 2.15. The van der Waals surface area contributed by atoms with Gasteiger partial charge in [0.15, 0.2) is 0 Å². The van der Waals surface area contributed by atoms with Crippen molar-refractivity contribution in [2.45, 2.75) is 46.2 Å². The van der Waals surface area contributed by atoms with E-state index in [4.69, 9.17) is 4.42 Å². The van der Waals surface area contributed by atoms with E-state index in [1.54, 1.807) is 11.3 Å². The molecule has 0 amide bonds. The number of rotatable bonds is 5. The molecule has 2 aromatic rings. The summed E-state index contributed by atoms with van der Waals surface area (Å²) in [4.78, 5) is 4.50.